The van der Waals surface area contributed by atoms with Crippen molar-refractivity contribution in [2.45, 2.75) is 202 Å². The van der Waals surface area contributed by atoms with Crippen LogP contribution in [-0.4, -0.2) is 217 Å². The van der Waals surface area contributed by atoms with Gasteiger partial charge in [0.25, 0.3) is 0 Å². The highest BCUT2D eigenvalue weighted by Gasteiger charge is 2.45. The zero-order valence-electron chi connectivity index (χ0n) is 57.7. The molecule has 0 saturated carbocycles. The van der Waals surface area contributed by atoms with Gasteiger partial charge in [0.05, 0.1) is 18.7 Å². The van der Waals surface area contributed by atoms with Crippen LogP contribution < -0.4 is 65.1 Å². The number of fused-ring (bicyclic) bond motifs is 1. The average Bonchev–Trinajstić information content (AvgIpc) is 1.47. The number of hydrogen-bond donors (Lipinski definition) is 15. The lowest BCUT2D eigenvalue weighted by atomic mass is 9.99. The van der Waals surface area contributed by atoms with Crippen LogP contribution >= 0.6 is 0 Å². The van der Waals surface area contributed by atoms with Crippen molar-refractivity contribution in [2.24, 2.45) is 29.0 Å². The summed E-state index contributed by atoms with van der Waals surface area (Å²) in [5, 5.41) is 64.1. The molecular weight excluding hydrogens is 1320 g/mol. The number of carbonyl (C=O) groups excluding carboxylic acids is 12. The van der Waals surface area contributed by atoms with E-state index in [-0.39, 0.29) is 76.2 Å². The number of aliphatic hydroxyl groups excluding tert-OH is 3. The third-order valence-corrected chi connectivity index (χ3v) is 17.7. The number of hydrogen-bond acceptors (Lipinski definition) is 20. The number of rotatable bonds is 22. The van der Waals surface area contributed by atoms with E-state index in [0.717, 1.165) is 4.68 Å². The van der Waals surface area contributed by atoms with Gasteiger partial charge in [-0.15, -0.1) is 5.10 Å². The normalized spacial score (nSPS) is 27.4. The Morgan fingerprint density at radius 2 is 1.02 bits per heavy atom. The topological polar surface area (TPSA) is 504 Å². The number of benzene rings is 3. The van der Waals surface area contributed by atoms with Crippen LogP contribution in [-0.2, 0) is 99.2 Å². The number of nitrogens with two attached hydrogens (primary N) is 3. The van der Waals surface area contributed by atoms with E-state index < -0.39 is 194 Å². The van der Waals surface area contributed by atoms with Crippen molar-refractivity contribution in [2.75, 3.05) is 20.2 Å². The minimum Gasteiger partial charge on any atom is -0.388 e. The second-order valence-corrected chi connectivity index (χ2v) is 26.6. The molecule has 554 valence electrons. The van der Waals surface area contributed by atoms with Crippen molar-refractivity contribution >= 4 is 70.9 Å². The van der Waals surface area contributed by atoms with Crippen LogP contribution in [0.1, 0.15) is 101 Å². The quantitative estimate of drug-likeness (QED) is 0.0356. The molecule has 4 aromatic rings. The number of primary amides is 2. The van der Waals surface area contributed by atoms with Crippen LogP contribution in [0.5, 0.6) is 0 Å². The first-order valence-corrected chi connectivity index (χ1v) is 34.2. The first-order valence-electron chi connectivity index (χ1n) is 34.2. The fourth-order valence-corrected chi connectivity index (χ4v) is 12.3. The van der Waals surface area contributed by atoms with Crippen LogP contribution in [0, 0.1) is 11.8 Å². The summed E-state index contributed by atoms with van der Waals surface area (Å²) in [5.41, 5.74) is 18.9. The smallest absolute Gasteiger partial charge is 0.246 e. The first kappa shape index (κ1) is 79.5. The molecule has 0 unspecified atom stereocenters. The molecule has 3 saturated heterocycles. The predicted molar refractivity (Wildman–Crippen MR) is 365 cm³/mol. The van der Waals surface area contributed by atoms with E-state index in [0.29, 0.717) is 23.1 Å². The van der Waals surface area contributed by atoms with Crippen molar-refractivity contribution in [1.82, 2.24) is 67.7 Å². The molecule has 3 aromatic carbocycles. The Morgan fingerprint density at radius 1 is 0.559 bits per heavy atom. The molecule has 0 radical (unpaired) electrons. The Hall–Kier alpha value is -9.80. The van der Waals surface area contributed by atoms with Gasteiger partial charge in [0, 0.05) is 52.0 Å². The molecule has 33 heteroatoms. The third-order valence-electron chi connectivity index (χ3n) is 17.7. The minimum absolute atomic E-state index is 0.0271. The summed E-state index contributed by atoms with van der Waals surface area (Å²) in [4.78, 5) is 176. The lowest BCUT2D eigenvalue weighted by molar-refractivity contribution is -0.292. The standard InChI is InChI=1S/C69H96N16O17/c1-37(2)29-45-61(93)80-50(32-41-21-13-8-14-22-41)68(100)85-28-16-24-51(85)66(98)79-47(31-40-19-11-7-12-20-40)63(95)76-46(30-39-17-9-6-10-18-39)62(94)78-49(34-54(72)87)64(96)73-44(25-26-53(71)86)60(92)77-48(65(97)81-55(38(3)4)67(99)74-43(23-15-27-70)59(91)75-45)33-42-35-84(83-82-42)36-52-56(88)57(89)58(90)69(101-5)102-52/h6-14,17-22,35,37-38,43-52,55-58,69,88-90H,15-16,23-34,36,70H2,1-5H3,(H2,71,86)(H2,72,87)(H,73,96)(H,74,99)(H,75,91)(H,76,95)(H,77,92)(H,78,94)(H,79,98)(H,80,93)(H,81,97)/t43-,44-,45-,46+,47-,48-,49-,50+,51-,52+,55-,56+,57-,58+,69-/m0/s1. The van der Waals surface area contributed by atoms with Gasteiger partial charge in [-0.1, -0.05) is 124 Å². The second kappa shape index (κ2) is 38.3. The Kier molecular flexibility index (Phi) is 29.9. The van der Waals surface area contributed by atoms with E-state index in [1.807, 2.05) is 0 Å². The van der Waals surface area contributed by atoms with Gasteiger partial charge < -0.3 is 94.7 Å². The number of aromatic nitrogens is 3. The fraction of sp³-hybridized carbons (Fsp3) is 0.536. The highest BCUT2D eigenvalue weighted by Crippen LogP contribution is 2.25. The molecule has 0 spiro atoms. The van der Waals surface area contributed by atoms with Crippen molar-refractivity contribution in [3.05, 3.63) is 120 Å². The van der Waals surface area contributed by atoms with Gasteiger partial charge in [-0.2, -0.15) is 0 Å². The van der Waals surface area contributed by atoms with E-state index in [9.17, 15) is 58.5 Å². The third kappa shape index (κ3) is 23.1. The minimum atomic E-state index is -1.91. The van der Waals surface area contributed by atoms with E-state index in [4.69, 9.17) is 26.7 Å². The maximum Gasteiger partial charge on any atom is 0.246 e. The van der Waals surface area contributed by atoms with Gasteiger partial charge in [-0.3, -0.25) is 57.5 Å². The van der Waals surface area contributed by atoms with Crippen molar-refractivity contribution in [3.8, 4) is 0 Å². The summed E-state index contributed by atoms with van der Waals surface area (Å²) < 4.78 is 12.0. The summed E-state index contributed by atoms with van der Waals surface area (Å²) in [7, 11) is 1.21. The zero-order chi connectivity index (χ0) is 74.3. The van der Waals surface area contributed by atoms with Gasteiger partial charge in [0.1, 0.15) is 84.8 Å². The lowest BCUT2D eigenvalue weighted by Crippen LogP contribution is -2.62. The zero-order valence-corrected chi connectivity index (χ0v) is 57.7. The van der Waals surface area contributed by atoms with Gasteiger partial charge in [0.15, 0.2) is 6.29 Å². The highest BCUT2D eigenvalue weighted by atomic mass is 16.7. The van der Waals surface area contributed by atoms with E-state index in [2.05, 4.69) is 58.2 Å². The summed E-state index contributed by atoms with van der Waals surface area (Å²) >= 11 is 0. The maximum absolute atomic E-state index is 15.2. The lowest BCUT2D eigenvalue weighted by Gasteiger charge is -2.39. The predicted octanol–water partition coefficient (Wildman–Crippen LogP) is -4.05. The first-order chi connectivity index (χ1) is 48.6. The number of ether oxygens (including phenoxy) is 2. The largest absolute Gasteiger partial charge is 0.388 e. The van der Waals surface area contributed by atoms with E-state index in [1.54, 1.807) is 119 Å². The molecule has 18 N–H and O–H groups in total. The number of nitrogens with zero attached hydrogens (tertiary/aromatic N) is 4. The number of nitrogens with one attached hydrogen (secondary N) is 9. The molecule has 33 nitrogen and oxygen atoms in total. The molecule has 3 fully saturated rings. The molecule has 12 amide bonds. The van der Waals surface area contributed by atoms with Gasteiger partial charge in [0.2, 0.25) is 70.9 Å². The molecule has 0 aliphatic carbocycles. The van der Waals surface area contributed by atoms with E-state index >= 15 is 14.4 Å². The van der Waals surface area contributed by atoms with Crippen LogP contribution in [0.15, 0.2) is 97.2 Å². The molecule has 102 heavy (non-hydrogen) atoms. The number of carbonyl (C=O) groups is 12. The van der Waals surface area contributed by atoms with Crippen LogP contribution in [0.3, 0.4) is 0 Å². The number of amides is 12. The van der Waals surface area contributed by atoms with Gasteiger partial charge in [-0.05, 0) is 73.6 Å². The molecule has 1 aromatic heterocycles. The molecule has 3 aliphatic rings. The monoisotopic (exact) mass is 1420 g/mol. The summed E-state index contributed by atoms with van der Waals surface area (Å²) in [6.07, 6.45) is -8.81. The van der Waals surface area contributed by atoms with Crippen molar-refractivity contribution in [3.63, 3.8) is 0 Å². The molecule has 3 aliphatic heterocycles. The SMILES string of the molecule is CO[C@H]1O[C@H](Cn2cc(C[C@@H]3NC(=O)[C@H](CCC(N)=O)NC(=O)[C@H](CC(N)=O)NC(=O)[C@@H](Cc4ccccc4)NC(=O)[C@H](Cc4ccccc4)NC(=O)[C@@H]4CCCN4C(=O)[C@@H](Cc4ccccc4)NC(=O)[C@H](CC(C)C)NC(=O)[C@H](CCCN)NC(=O)[C@H](C(C)C)NC3=O)nn2)[C@@H](O)[C@H](O)[C@H]1O. The van der Waals surface area contributed by atoms with E-state index in [1.165, 1.54) is 18.2 Å². The van der Waals surface area contributed by atoms with Crippen LogP contribution in [0.4, 0.5) is 0 Å². The van der Waals surface area contributed by atoms with Crippen molar-refractivity contribution < 1.29 is 82.3 Å². The molecule has 7 rings (SSSR count). The van der Waals surface area contributed by atoms with Gasteiger partial charge >= 0.3 is 0 Å². The second-order valence-electron chi connectivity index (χ2n) is 26.6. The summed E-state index contributed by atoms with van der Waals surface area (Å²) in [6.45, 7) is 6.54. The number of methoxy groups -OCH3 is 1. The molecule has 0 bridgehead atoms. The summed E-state index contributed by atoms with van der Waals surface area (Å²) in [5.74, 6) is -12.4. The van der Waals surface area contributed by atoms with Crippen molar-refractivity contribution in [1.29, 1.82) is 0 Å². The Labute approximate surface area is 590 Å². The Bertz CT molecular complexity index is 3530. The fourth-order valence-electron chi connectivity index (χ4n) is 12.3. The Balaban J connectivity index is 1.31. The molecule has 15 atom stereocenters. The van der Waals surface area contributed by atoms with Gasteiger partial charge in [-0.25, -0.2) is 4.68 Å². The maximum atomic E-state index is 15.2. The number of aliphatic hydroxyl groups is 3. The average molecular weight is 1420 g/mol. The summed E-state index contributed by atoms with van der Waals surface area (Å²) in [6, 6.07) is 10.4. The van der Waals surface area contributed by atoms with Crippen LogP contribution in [0.25, 0.3) is 0 Å². The molecular formula is C69H96N16O17. The highest BCUT2D eigenvalue weighted by molar-refractivity contribution is 6.01. The molecule has 4 heterocycles. The van der Waals surface area contributed by atoms with Crippen LogP contribution in [0.2, 0.25) is 0 Å². The Morgan fingerprint density at radius 3 is 1.55 bits per heavy atom.